The zero-order chi connectivity index (χ0) is 25.9. The molecule has 8 N–H and O–H groups in total. The second kappa shape index (κ2) is 10.5. The molecule has 2 aromatic rings. The van der Waals surface area contributed by atoms with Crippen molar-refractivity contribution < 1.29 is 64.7 Å². The first-order chi connectivity index (χ1) is 16.5. The maximum Gasteiger partial charge on any atom is 0.338 e. The molecule has 1 heterocycles. The largest absolute Gasteiger partial charge is 0.504 e. The summed E-state index contributed by atoms with van der Waals surface area (Å²) >= 11 is 0. The summed E-state index contributed by atoms with van der Waals surface area (Å²) in [7, 11) is 0. The minimum atomic E-state index is -1.91. The molecule has 3 rings (SSSR count). The molecule has 5 atom stereocenters. The number of phenols is 5. The minimum absolute atomic E-state index is 0.328. The van der Waals surface area contributed by atoms with Crippen LogP contribution >= 0.6 is 0 Å². The highest BCUT2D eigenvalue weighted by atomic mass is 16.7. The second-order valence-electron chi connectivity index (χ2n) is 7.46. The predicted octanol–water partition coefficient (Wildman–Crippen LogP) is -0.564. The zero-order valence-corrected chi connectivity index (χ0v) is 17.8. The molecule has 1 fully saturated rings. The van der Waals surface area contributed by atoms with Gasteiger partial charge in [0.05, 0.1) is 12.2 Å². The van der Waals surface area contributed by atoms with Gasteiger partial charge in [-0.3, -0.25) is 0 Å². The lowest BCUT2D eigenvalue weighted by Crippen LogP contribution is -2.60. The Labute approximate surface area is 196 Å². The number of hydrogen-bond donors (Lipinski definition) is 8. The normalized spacial score (nSPS) is 24.3. The number of phenolic OH excluding ortho intramolecular Hbond substituents is 5. The molecule has 13 nitrogen and oxygen atoms in total. The highest BCUT2D eigenvalue weighted by Crippen LogP contribution is 2.36. The van der Waals surface area contributed by atoms with Crippen LogP contribution in [0.1, 0.15) is 15.9 Å². The topological polar surface area (TPSA) is 224 Å². The van der Waals surface area contributed by atoms with Crippen molar-refractivity contribution >= 4 is 18.0 Å². The van der Waals surface area contributed by atoms with Crippen molar-refractivity contribution in [1.82, 2.24) is 0 Å². The fraction of sp³-hybridized carbons (Fsp3) is 0.273. The summed E-state index contributed by atoms with van der Waals surface area (Å²) in [6.45, 7) is -0.829. The summed E-state index contributed by atoms with van der Waals surface area (Å²) in [5.74, 6) is -5.52. The molecule has 1 saturated heterocycles. The van der Waals surface area contributed by atoms with Gasteiger partial charge < -0.3 is 55.1 Å². The molecule has 0 aliphatic carbocycles. The molecular formula is C22H22O13. The van der Waals surface area contributed by atoms with Gasteiger partial charge in [0.15, 0.2) is 34.9 Å². The average molecular weight is 494 g/mol. The van der Waals surface area contributed by atoms with Gasteiger partial charge in [-0.25, -0.2) is 9.59 Å². The van der Waals surface area contributed by atoms with E-state index in [-0.39, 0.29) is 5.75 Å². The third-order valence-corrected chi connectivity index (χ3v) is 5.01. The van der Waals surface area contributed by atoms with Crippen LogP contribution in [-0.4, -0.2) is 90.1 Å². The summed E-state index contributed by atoms with van der Waals surface area (Å²) in [6.07, 6.45) is -6.52. The zero-order valence-electron chi connectivity index (χ0n) is 17.8. The van der Waals surface area contributed by atoms with Crippen LogP contribution < -0.4 is 0 Å². The number of aromatic hydroxyl groups is 5. The molecule has 0 saturated carbocycles. The second-order valence-corrected chi connectivity index (χ2v) is 7.46. The van der Waals surface area contributed by atoms with Gasteiger partial charge in [-0.05, 0) is 35.9 Å². The molecule has 0 radical (unpaired) electrons. The number of aliphatic hydroxyl groups is 3. The van der Waals surface area contributed by atoms with Crippen LogP contribution in [0.2, 0.25) is 0 Å². The molecular weight excluding hydrogens is 472 g/mol. The minimum Gasteiger partial charge on any atom is -0.504 e. The molecule has 1 aliphatic heterocycles. The van der Waals surface area contributed by atoms with Crippen LogP contribution in [0.15, 0.2) is 36.4 Å². The van der Waals surface area contributed by atoms with Crippen molar-refractivity contribution in [2.24, 2.45) is 0 Å². The summed E-state index contributed by atoms with van der Waals surface area (Å²) in [6, 6.07) is 5.32. The Balaban J connectivity index is 1.67. The number of carbonyl (C=O) groups is 2. The highest BCUT2D eigenvalue weighted by molar-refractivity contribution is 5.91. The molecule has 35 heavy (non-hydrogen) atoms. The Morgan fingerprint density at radius 2 is 1.54 bits per heavy atom. The Bertz CT molecular complexity index is 1100. The monoisotopic (exact) mass is 494 g/mol. The quantitative estimate of drug-likeness (QED) is 0.143. The number of esters is 2. The molecule has 0 bridgehead atoms. The number of aliphatic hydroxyl groups excluding tert-OH is 3. The SMILES string of the molecule is O=C(/C=C/c1ccc(O)c(O)c1)O[C@@H]1O[C@H](CO)[C@@H](OC(=O)c2cc(O)c(O)c(O)c2)[C@H](O)[C@H]1O. The van der Waals surface area contributed by atoms with Gasteiger partial charge in [0.1, 0.15) is 18.3 Å². The maximum atomic E-state index is 12.4. The lowest BCUT2D eigenvalue weighted by Gasteiger charge is -2.40. The number of rotatable bonds is 6. The summed E-state index contributed by atoms with van der Waals surface area (Å²) in [4.78, 5) is 24.5. The maximum absolute atomic E-state index is 12.4. The van der Waals surface area contributed by atoms with Crippen LogP contribution in [-0.2, 0) is 19.0 Å². The van der Waals surface area contributed by atoms with E-state index in [0.717, 1.165) is 18.2 Å². The average Bonchev–Trinajstić information content (AvgIpc) is 2.82. The van der Waals surface area contributed by atoms with Crippen molar-refractivity contribution in [2.45, 2.75) is 30.7 Å². The molecule has 1 aliphatic rings. The van der Waals surface area contributed by atoms with Crippen LogP contribution in [0.5, 0.6) is 28.7 Å². The Morgan fingerprint density at radius 1 is 0.886 bits per heavy atom. The standard InChI is InChI=1S/C22H22O13/c23-8-15-20(35-21(32)10-6-13(26)17(29)14(27)7-10)18(30)19(31)22(33-15)34-16(28)4-2-9-1-3-11(24)12(25)5-9/h1-7,15,18-20,22-27,29-31H,8H2/b4-2+/t15-,18-,19-,20-,22+/m1/s1. The third-order valence-electron chi connectivity index (χ3n) is 5.01. The molecule has 2 aromatic carbocycles. The van der Waals surface area contributed by atoms with Crippen molar-refractivity contribution in [3.8, 4) is 28.7 Å². The lowest BCUT2D eigenvalue weighted by atomic mass is 9.99. The lowest BCUT2D eigenvalue weighted by molar-refractivity contribution is -0.290. The van der Waals surface area contributed by atoms with Crippen molar-refractivity contribution in [3.63, 3.8) is 0 Å². The smallest absolute Gasteiger partial charge is 0.338 e. The van der Waals surface area contributed by atoms with Gasteiger partial charge in [-0.15, -0.1) is 0 Å². The van der Waals surface area contributed by atoms with Crippen LogP contribution in [0.4, 0.5) is 0 Å². The van der Waals surface area contributed by atoms with Gasteiger partial charge in [0.25, 0.3) is 0 Å². The van der Waals surface area contributed by atoms with Crippen molar-refractivity contribution in [2.75, 3.05) is 6.61 Å². The van der Waals surface area contributed by atoms with Gasteiger partial charge in [-0.1, -0.05) is 6.07 Å². The summed E-state index contributed by atoms with van der Waals surface area (Å²) in [5.41, 5.74) is -0.0935. The van der Waals surface area contributed by atoms with Gasteiger partial charge in [-0.2, -0.15) is 0 Å². The van der Waals surface area contributed by atoms with Crippen LogP contribution in [0.3, 0.4) is 0 Å². The third kappa shape index (κ3) is 5.73. The Morgan fingerprint density at radius 3 is 2.14 bits per heavy atom. The van der Waals surface area contributed by atoms with E-state index in [9.17, 15) is 50.4 Å². The Hall–Kier alpha value is -4.04. The van der Waals surface area contributed by atoms with Crippen molar-refractivity contribution in [1.29, 1.82) is 0 Å². The molecule has 0 aromatic heterocycles. The Kier molecular flexibility index (Phi) is 7.66. The van der Waals surface area contributed by atoms with E-state index in [1.807, 2.05) is 0 Å². The molecule has 188 valence electrons. The fourth-order valence-electron chi connectivity index (χ4n) is 3.17. The molecule has 0 spiro atoms. The van der Waals surface area contributed by atoms with Gasteiger partial charge in [0.2, 0.25) is 6.29 Å². The summed E-state index contributed by atoms with van der Waals surface area (Å²) in [5, 5.41) is 77.5. The number of hydrogen-bond acceptors (Lipinski definition) is 13. The number of carbonyl (C=O) groups excluding carboxylic acids is 2. The first-order valence-corrected chi connectivity index (χ1v) is 10.0. The van der Waals surface area contributed by atoms with Crippen LogP contribution in [0.25, 0.3) is 6.08 Å². The fourth-order valence-corrected chi connectivity index (χ4v) is 3.17. The highest BCUT2D eigenvalue weighted by Gasteiger charge is 2.48. The summed E-state index contributed by atoms with van der Waals surface area (Å²) < 4.78 is 15.3. The molecule has 13 heteroatoms. The van der Waals surface area contributed by atoms with E-state index in [4.69, 9.17) is 14.2 Å². The van der Waals surface area contributed by atoms with Gasteiger partial charge >= 0.3 is 11.9 Å². The van der Waals surface area contributed by atoms with Crippen LogP contribution in [0, 0.1) is 0 Å². The van der Waals surface area contributed by atoms with Crippen molar-refractivity contribution in [3.05, 3.63) is 47.5 Å². The predicted molar refractivity (Wildman–Crippen MR) is 113 cm³/mol. The van der Waals surface area contributed by atoms with Gasteiger partial charge in [0, 0.05) is 6.08 Å². The van der Waals surface area contributed by atoms with E-state index in [0.29, 0.717) is 5.56 Å². The van der Waals surface area contributed by atoms with E-state index in [1.165, 1.54) is 24.3 Å². The molecule has 0 amide bonds. The number of ether oxygens (including phenoxy) is 3. The van der Waals surface area contributed by atoms with E-state index >= 15 is 0 Å². The van der Waals surface area contributed by atoms with E-state index in [1.54, 1.807) is 0 Å². The van der Waals surface area contributed by atoms with E-state index in [2.05, 4.69) is 0 Å². The molecule has 0 unspecified atom stereocenters. The number of benzene rings is 2. The first kappa shape index (κ1) is 25.6. The first-order valence-electron chi connectivity index (χ1n) is 10.0. The van der Waals surface area contributed by atoms with E-state index < -0.39 is 77.8 Å².